The molecule has 36 heteroatoms. The molecule has 1 fully saturated rings. The Morgan fingerprint density at radius 2 is 0.844 bits per heavy atom. The van der Waals surface area contributed by atoms with Crippen LogP contribution in [0.2, 0.25) is 5.02 Å². The maximum absolute atomic E-state index is 6.46. The normalized spacial score (nSPS) is 11.4. The highest BCUT2D eigenvalue weighted by molar-refractivity contribution is 6.33. The second-order valence-corrected chi connectivity index (χ2v) is 23.0. The third-order valence-corrected chi connectivity index (χ3v) is 15.7. The van der Waals surface area contributed by atoms with Crippen molar-refractivity contribution in [2.75, 3.05) is 130 Å². The molecule has 109 heavy (non-hydrogen) atoms. The molecule has 0 unspecified atom stereocenters. The van der Waals surface area contributed by atoms with Gasteiger partial charge in [0, 0.05) is 90.2 Å². The second kappa shape index (κ2) is 37.1. The first kappa shape index (κ1) is 76.2. The zero-order chi connectivity index (χ0) is 76.6. The summed E-state index contributed by atoms with van der Waals surface area (Å²) in [4.78, 5) is 40.6. The van der Waals surface area contributed by atoms with E-state index in [0.717, 1.165) is 47.1 Å². The van der Waals surface area contributed by atoms with Gasteiger partial charge in [-0.2, -0.15) is 43.6 Å². The van der Waals surface area contributed by atoms with Gasteiger partial charge in [-0.25, -0.2) is 19.9 Å². The number of nitrogens with two attached hydrogens (primary N) is 4. The van der Waals surface area contributed by atoms with E-state index in [1.807, 2.05) is 137 Å². The lowest BCUT2D eigenvalue weighted by atomic mass is 10.1. The molecule has 1 saturated heterocycles. The summed E-state index contributed by atoms with van der Waals surface area (Å²) in [6, 6.07) is 48.1. The minimum atomic E-state index is 0.200. The number of halogens is 1. The van der Waals surface area contributed by atoms with E-state index < -0.39 is 0 Å². The van der Waals surface area contributed by atoms with Crippen LogP contribution >= 0.6 is 11.6 Å². The quantitative estimate of drug-likeness (QED) is 0.0250. The molecule has 35 nitrogen and oxygen atoms in total. The first-order valence-corrected chi connectivity index (χ1v) is 34.5. The number of ether oxygens (including phenoxy) is 9. The number of nitrogens with zero attached hydrogens (tertiary/aromatic N) is 18. The lowest BCUT2D eigenvalue weighted by Crippen LogP contribution is -2.36. The average Bonchev–Trinajstić information content (AvgIpc) is 1.75. The molecule has 0 bridgehead atoms. The molecule has 8 aromatic heterocycles. The monoisotopic (exact) mass is 1500 g/mol. The standard InChI is InChI=1S/C20H19N7O2.C19H24N6O3.C17H18ClN7O.C17H20N6O3/c1-28-16-9-8-14(10-17(16)29-2)24-20-25-19(21)27(26-20)18-11-15(22-12-23-18)13-6-4-3-5-7-13;1-4-26-14-11-13(12-15(27-5-2)17(14)28-6-3)22-19-23-18(20)25(24-19)16-9-7-8-10-21-16;18-13-11-12(4-5-14(13)24-7-9-26-10-8-24)21-17-22-16(19)25(23-17)15-3-1-2-6-20-15;1-4-26-15-7-5-6-14(20-15)23-16(18)21-17(22-23)19-11-8-9-12(24-2)13(10-11)25-3/h3-12H,1-2H3,(H3,21,24,25,26);7-12H,4-6H2,1-3H3,(H3,20,22,23,24);1-6,11H,7-10H2,(H3,19,21,22,23);5-10H,4H2,1-3H3,(H3,18,19,21,22). The summed E-state index contributed by atoms with van der Waals surface area (Å²) in [5.41, 5.74) is 29.6. The first-order valence-electron chi connectivity index (χ1n) is 34.1. The van der Waals surface area contributed by atoms with Crippen molar-refractivity contribution in [1.29, 1.82) is 0 Å². The average molecular weight is 1500 g/mol. The molecule has 0 radical (unpaired) electrons. The zero-order valence-corrected chi connectivity index (χ0v) is 61.6. The lowest BCUT2D eigenvalue weighted by Gasteiger charge is -2.29. The number of benzene rings is 5. The number of anilines is 13. The smallest absolute Gasteiger partial charge is 0.248 e. The summed E-state index contributed by atoms with van der Waals surface area (Å²) >= 11 is 6.46. The van der Waals surface area contributed by atoms with Crippen LogP contribution in [0.1, 0.15) is 27.7 Å². The van der Waals surface area contributed by atoms with Crippen molar-refractivity contribution in [2.24, 2.45) is 0 Å². The maximum atomic E-state index is 6.46. The highest BCUT2D eigenvalue weighted by Crippen LogP contribution is 2.42. The number of rotatable bonds is 26. The topological polar surface area (TPSA) is 426 Å². The van der Waals surface area contributed by atoms with Crippen molar-refractivity contribution in [3.8, 4) is 80.7 Å². The van der Waals surface area contributed by atoms with Gasteiger partial charge < -0.3 is 91.7 Å². The van der Waals surface area contributed by atoms with Gasteiger partial charge in [-0.15, -0.1) is 20.4 Å². The van der Waals surface area contributed by atoms with Gasteiger partial charge in [-0.05, 0) is 100 Å². The van der Waals surface area contributed by atoms with Gasteiger partial charge in [0.15, 0.2) is 57.8 Å². The maximum Gasteiger partial charge on any atom is 0.248 e. The Kier molecular flexibility index (Phi) is 26.0. The summed E-state index contributed by atoms with van der Waals surface area (Å²) in [5, 5.41) is 30.6. The van der Waals surface area contributed by atoms with E-state index in [0.29, 0.717) is 144 Å². The van der Waals surface area contributed by atoms with Crippen molar-refractivity contribution in [2.45, 2.75) is 27.7 Å². The van der Waals surface area contributed by atoms with Crippen LogP contribution in [0.15, 0.2) is 176 Å². The number of pyridine rings is 3. The molecule has 1 aliphatic heterocycles. The first-order chi connectivity index (χ1) is 53.2. The van der Waals surface area contributed by atoms with Crippen molar-refractivity contribution >= 4 is 87.6 Å². The molecule has 5 aromatic carbocycles. The Morgan fingerprint density at radius 1 is 0.404 bits per heavy atom. The molecular weight excluding hydrogens is 1420 g/mol. The second-order valence-electron chi connectivity index (χ2n) is 22.6. The van der Waals surface area contributed by atoms with Crippen LogP contribution in [0.5, 0.6) is 46.1 Å². The van der Waals surface area contributed by atoms with Crippen LogP contribution in [0, 0.1) is 0 Å². The Morgan fingerprint density at radius 3 is 1.31 bits per heavy atom. The molecule has 13 aromatic rings. The fraction of sp³-hybridized carbons (Fsp3) is 0.219. The Labute approximate surface area is 631 Å². The van der Waals surface area contributed by atoms with Gasteiger partial charge in [-0.1, -0.05) is 60.1 Å². The molecular formula is C73H81ClN26O9. The van der Waals surface area contributed by atoms with Crippen molar-refractivity contribution in [1.82, 2.24) is 84.0 Å². The number of nitrogen functional groups attached to an aromatic ring is 4. The van der Waals surface area contributed by atoms with Gasteiger partial charge in [-0.3, -0.25) is 0 Å². The number of hydrogen-bond acceptors (Lipinski definition) is 31. The van der Waals surface area contributed by atoms with E-state index in [9.17, 15) is 0 Å². The number of methoxy groups -OCH3 is 4. The molecule has 14 rings (SSSR count). The number of hydrogen-bond donors (Lipinski definition) is 8. The molecule has 9 heterocycles. The van der Waals surface area contributed by atoms with Crippen molar-refractivity contribution in [3.63, 3.8) is 0 Å². The SMILES string of the molecule is CCOc1cc(Nc2nc(N)n(-c3ccccn3)n2)cc(OCC)c1OCC.CCOc1cccc(-n2nc(Nc3ccc(OC)c(OC)c3)nc2N)n1.COc1ccc(Nc2nc(N)n(-c3cc(-c4ccccc4)ncn3)n2)cc1OC.Nc1nc(Nc2ccc(N3CCOCC3)c(Cl)c2)nn1-c1ccccn1. The van der Waals surface area contributed by atoms with E-state index in [4.69, 9.17) is 77.2 Å². The van der Waals surface area contributed by atoms with Crippen molar-refractivity contribution in [3.05, 3.63) is 181 Å². The van der Waals surface area contributed by atoms with Crippen LogP contribution in [0.3, 0.4) is 0 Å². The van der Waals surface area contributed by atoms with Crippen LogP contribution < -0.4 is 87.0 Å². The molecule has 1 aliphatic rings. The largest absolute Gasteiger partial charge is 0.493 e. The Hall–Kier alpha value is -14.0. The highest BCUT2D eigenvalue weighted by atomic mass is 35.5. The van der Waals surface area contributed by atoms with Gasteiger partial charge >= 0.3 is 0 Å². The van der Waals surface area contributed by atoms with Crippen molar-refractivity contribution < 1.29 is 42.6 Å². The van der Waals surface area contributed by atoms with Gasteiger partial charge in [0.25, 0.3) is 0 Å². The van der Waals surface area contributed by atoms with E-state index >= 15 is 0 Å². The summed E-state index contributed by atoms with van der Waals surface area (Å²) in [7, 11) is 6.31. The van der Waals surface area contributed by atoms with Crippen LogP contribution in [0.25, 0.3) is 34.5 Å². The van der Waals surface area contributed by atoms with E-state index in [1.165, 1.54) is 25.1 Å². The lowest BCUT2D eigenvalue weighted by molar-refractivity contribution is 0.122. The number of aromatic nitrogens is 17. The third-order valence-electron chi connectivity index (χ3n) is 15.4. The van der Waals surface area contributed by atoms with Crippen LogP contribution in [0.4, 0.5) is 76.0 Å². The molecule has 0 saturated carbocycles. The highest BCUT2D eigenvalue weighted by Gasteiger charge is 2.21. The summed E-state index contributed by atoms with van der Waals surface area (Å²) in [6.45, 7) is 12.7. The van der Waals surface area contributed by atoms with Gasteiger partial charge in [0.1, 0.15) is 6.33 Å². The minimum absolute atomic E-state index is 0.200. The molecule has 0 aliphatic carbocycles. The van der Waals surface area contributed by atoms with Crippen LogP contribution in [-0.4, -0.2) is 165 Å². The predicted octanol–water partition coefficient (Wildman–Crippen LogP) is 11.1. The Bertz CT molecular complexity index is 5060. The van der Waals surface area contributed by atoms with E-state index in [1.54, 1.807) is 89.4 Å². The predicted molar refractivity (Wildman–Crippen MR) is 415 cm³/mol. The van der Waals surface area contributed by atoms with E-state index in [2.05, 4.69) is 91.4 Å². The van der Waals surface area contributed by atoms with Crippen LogP contribution in [-0.2, 0) is 4.74 Å². The molecule has 0 spiro atoms. The van der Waals surface area contributed by atoms with Gasteiger partial charge in [0.2, 0.25) is 59.2 Å². The summed E-state index contributed by atoms with van der Waals surface area (Å²) in [6.07, 6.45) is 4.81. The number of nitrogens with one attached hydrogen (secondary N) is 4. The molecule has 0 amide bonds. The fourth-order valence-corrected chi connectivity index (χ4v) is 10.9. The fourth-order valence-electron chi connectivity index (χ4n) is 10.6. The molecule has 564 valence electrons. The summed E-state index contributed by atoms with van der Waals surface area (Å²) < 4.78 is 54.9. The zero-order valence-electron chi connectivity index (χ0n) is 60.8. The molecule has 12 N–H and O–H groups in total. The summed E-state index contributed by atoms with van der Waals surface area (Å²) in [5.74, 6) is 9.14. The third kappa shape index (κ3) is 19.7. The Balaban J connectivity index is 0.000000144. The molecule has 0 atom stereocenters. The van der Waals surface area contributed by atoms with Gasteiger partial charge in [0.05, 0.1) is 84.5 Å². The van der Waals surface area contributed by atoms with E-state index in [-0.39, 0.29) is 23.8 Å². The minimum Gasteiger partial charge on any atom is -0.493 e. The number of morpholine rings is 1.